The van der Waals surface area contributed by atoms with E-state index in [0.717, 1.165) is 38.3 Å². The second kappa shape index (κ2) is 12.1. The average Bonchev–Trinajstić information content (AvgIpc) is 3.29. The van der Waals surface area contributed by atoms with Gasteiger partial charge in [-0.2, -0.15) is 0 Å². The standard InChI is InChI=1S/C27H28ClN3O3S/c1-34-27(33)25-23(21-9-11-22(28)12-10-21)19-35-26(25)29-24(32)18-31-16-14-30(15-17-31)13-5-8-20-6-3-2-4-7-20/h2-12,19H,13-18H2,1H3,(H,29,32)/b8-5+. The zero-order valence-electron chi connectivity index (χ0n) is 19.6. The molecule has 1 amide bonds. The molecule has 35 heavy (non-hydrogen) atoms. The summed E-state index contributed by atoms with van der Waals surface area (Å²) in [5.41, 5.74) is 3.11. The van der Waals surface area contributed by atoms with Crippen molar-refractivity contribution in [3.8, 4) is 11.1 Å². The molecule has 1 saturated heterocycles. The molecule has 1 aliphatic heterocycles. The SMILES string of the molecule is COC(=O)c1c(-c2ccc(Cl)cc2)csc1NC(=O)CN1CCN(C/C=C/c2ccccc2)CC1. The van der Waals surface area contributed by atoms with Crippen LogP contribution in [0.4, 0.5) is 5.00 Å². The molecule has 0 unspecified atom stereocenters. The van der Waals surface area contributed by atoms with Crippen LogP contribution in [-0.4, -0.2) is 68.1 Å². The summed E-state index contributed by atoms with van der Waals surface area (Å²) in [7, 11) is 1.34. The van der Waals surface area contributed by atoms with Crippen LogP contribution >= 0.6 is 22.9 Å². The van der Waals surface area contributed by atoms with E-state index in [4.69, 9.17) is 16.3 Å². The number of esters is 1. The van der Waals surface area contributed by atoms with Gasteiger partial charge in [0, 0.05) is 48.7 Å². The first kappa shape index (κ1) is 25.1. The molecule has 1 aromatic heterocycles. The lowest BCUT2D eigenvalue weighted by molar-refractivity contribution is -0.117. The maximum absolute atomic E-state index is 12.8. The molecule has 3 aromatic rings. The molecule has 8 heteroatoms. The van der Waals surface area contributed by atoms with Gasteiger partial charge in [-0.15, -0.1) is 11.3 Å². The molecule has 0 saturated carbocycles. The number of hydrogen-bond acceptors (Lipinski definition) is 6. The quantitative estimate of drug-likeness (QED) is 0.427. The molecule has 2 aromatic carbocycles. The summed E-state index contributed by atoms with van der Waals surface area (Å²) in [4.78, 5) is 29.8. The molecule has 0 radical (unpaired) electrons. The fraction of sp³-hybridized carbons (Fsp3) is 0.259. The molecule has 0 atom stereocenters. The van der Waals surface area contributed by atoms with Crippen molar-refractivity contribution >= 4 is 45.9 Å². The Kier molecular flexibility index (Phi) is 8.71. The van der Waals surface area contributed by atoms with Crippen molar-refractivity contribution in [3.05, 3.63) is 82.2 Å². The molecule has 6 nitrogen and oxygen atoms in total. The van der Waals surface area contributed by atoms with Gasteiger partial charge in [-0.05, 0) is 23.3 Å². The summed E-state index contributed by atoms with van der Waals surface area (Å²) in [6.07, 6.45) is 4.32. The highest BCUT2D eigenvalue weighted by Gasteiger charge is 2.24. The predicted octanol–water partition coefficient (Wildman–Crippen LogP) is 5.12. The maximum Gasteiger partial charge on any atom is 0.341 e. The number of hydrogen-bond donors (Lipinski definition) is 1. The number of nitrogens with one attached hydrogen (secondary N) is 1. The summed E-state index contributed by atoms with van der Waals surface area (Å²) < 4.78 is 4.99. The third kappa shape index (κ3) is 6.80. The molecule has 0 aliphatic carbocycles. The second-order valence-electron chi connectivity index (χ2n) is 8.29. The smallest absolute Gasteiger partial charge is 0.341 e. The van der Waals surface area contributed by atoms with Crippen molar-refractivity contribution in [2.45, 2.75) is 0 Å². The van der Waals surface area contributed by atoms with Gasteiger partial charge < -0.3 is 10.1 Å². The normalized spacial score (nSPS) is 14.8. The Morgan fingerprint density at radius 2 is 1.71 bits per heavy atom. The highest BCUT2D eigenvalue weighted by atomic mass is 35.5. The van der Waals surface area contributed by atoms with E-state index in [2.05, 4.69) is 39.4 Å². The van der Waals surface area contributed by atoms with Crippen LogP contribution in [0.5, 0.6) is 0 Å². The zero-order chi connectivity index (χ0) is 24.6. The number of nitrogens with zero attached hydrogens (tertiary/aromatic N) is 2. The van der Waals surface area contributed by atoms with Gasteiger partial charge in [0.2, 0.25) is 5.91 Å². The molecule has 1 N–H and O–H groups in total. The van der Waals surface area contributed by atoms with E-state index < -0.39 is 5.97 Å². The molecule has 0 spiro atoms. The first-order valence-corrected chi connectivity index (χ1v) is 12.7. The van der Waals surface area contributed by atoms with E-state index in [1.165, 1.54) is 24.0 Å². The molecular formula is C27H28ClN3O3S. The van der Waals surface area contributed by atoms with E-state index in [0.29, 0.717) is 21.2 Å². The van der Waals surface area contributed by atoms with Crippen LogP contribution in [0.15, 0.2) is 66.1 Å². The highest BCUT2D eigenvalue weighted by molar-refractivity contribution is 7.15. The number of carbonyl (C=O) groups is 2. The van der Waals surface area contributed by atoms with Gasteiger partial charge >= 0.3 is 5.97 Å². The summed E-state index contributed by atoms with van der Waals surface area (Å²) >= 11 is 7.31. The second-order valence-corrected chi connectivity index (χ2v) is 9.61. The van der Waals surface area contributed by atoms with E-state index in [9.17, 15) is 9.59 Å². The number of piperazine rings is 1. The van der Waals surface area contributed by atoms with Crippen molar-refractivity contribution in [3.63, 3.8) is 0 Å². The Bertz CT molecular complexity index is 1170. The minimum absolute atomic E-state index is 0.142. The molecule has 2 heterocycles. The van der Waals surface area contributed by atoms with E-state index >= 15 is 0 Å². The Labute approximate surface area is 214 Å². The summed E-state index contributed by atoms with van der Waals surface area (Å²) in [6, 6.07) is 17.5. The van der Waals surface area contributed by atoms with Gasteiger partial charge in [0.05, 0.1) is 13.7 Å². The molecule has 0 bridgehead atoms. The first-order chi connectivity index (χ1) is 17.0. The molecule has 1 aliphatic rings. The van der Waals surface area contributed by atoms with Crippen LogP contribution in [0.2, 0.25) is 5.02 Å². The first-order valence-electron chi connectivity index (χ1n) is 11.5. The highest BCUT2D eigenvalue weighted by Crippen LogP contribution is 2.36. The summed E-state index contributed by atoms with van der Waals surface area (Å²) in [5.74, 6) is -0.624. The van der Waals surface area contributed by atoms with E-state index in [1.807, 2.05) is 35.7 Å². The maximum atomic E-state index is 12.8. The van der Waals surface area contributed by atoms with Gasteiger partial charge in [-0.1, -0.05) is 66.2 Å². The van der Waals surface area contributed by atoms with Gasteiger partial charge in [-0.25, -0.2) is 4.79 Å². The van der Waals surface area contributed by atoms with Gasteiger partial charge in [0.1, 0.15) is 10.6 Å². The topological polar surface area (TPSA) is 61.9 Å². The van der Waals surface area contributed by atoms with E-state index in [-0.39, 0.29) is 12.5 Å². The van der Waals surface area contributed by atoms with Crippen molar-refractivity contribution in [2.75, 3.05) is 51.7 Å². The molecule has 1 fully saturated rings. The fourth-order valence-electron chi connectivity index (χ4n) is 4.00. The van der Waals surface area contributed by atoms with Crippen molar-refractivity contribution in [1.29, 1.82) is 0 Å². The molecular weight excluding hydrogens is 482 g/mol. The Morgan fingerprint density at radius 1 is 1.03 bits per heavy atom. The van der Waals surface area contributed by atoms with Gasteiger partial charge in [-0.3, -0.25) is 14.6 Å². The third-order valence-corrected chi connectivity index (χ3v) is 7.04. The van der Waals surface area contributed by atoms with Crippen LogP contribution in [0.1, 0.15) is 15.9 Å². The fourth-order valence-corrected chi connectivity index (χ4v) is 5.10. The average molecular weight is 510 g/mol. The monoisotopic (exact) mass is 509 g/mol. The van der Waals surface area contributed by atoms with Crippen molar-refractivity contribution in [2.24, 2.45) is 0 Å². The summed E-state index contributed by atoms with van der Waals surface area (Å²) in [6.45, 7) is 4.61. The number of anilines is 1. The minimum atomic E-state index is -0.483. The van der Waals surface area contributed by atoms with Crippen molar-refractivity contribution in [1.82, 2.24) is 9.80 Å². The van der Waals surface area contributed by atoms with Crippen LogP contribution in [-0.2, 0) is 9.53 Å². The summed E-state index contributed by atoms with van der Waals surface area (Å²) in [5, 5.41) is 5.89. The largest absolute Gasteiger partial charge is 0.465 e. The predicted molar refractivity (Wildman–Crippen MR) is 143 cm³/mol. The Balaban J connectivity index is 1.31. The Morgan fingerprint density at radius 3 is 2.40 bits per heavy atom. The number of ether oxygens (including phenoxy) is 1. The number of carbonyl (C=O) groups excluding carboxylic acids is 2. The van der Waals surface area contributed by atoms with Gasteiger partial charge in [0.15, 0.2) is 0 Å². The van der Waals surface area contributed by atoms with Crippen LogP contribution < -0.4 is 5.32 Å². The number of benzene rings is 2. The van der Waals surface area contributed by atoms with Gasteiger partial charge in [0.25, 0.3) is 0 Å². The number of rotatable bonds is 8. The molecule has 4 rings (SSSR count). The van der Waals surface area contributed by atoms with E-state index in [1.54, 1.807) is 12.1 Å². The van der Waals surface area contributed by atoms with Crippen LogP contribution in [0.3, 0.4) is 0 Å². The number of methoxy groups -OCH3 is 1. The Hall–Kier alpha value is -2.97. The lowest BCUT2D eigenvalue weighted by Crippen LogP contribution is -2.48. The lowest BCUT2D eigenvalue weighted by atomic mass is 10.0. The lowest BCUT2D eigenvalue weighted by Gasteiger charge is -2.33. The number of thiophene rings is 1. The van der Waals surface area contributed by atoms with Crippen molar-refractivity contribution < 1.29 is 14.3 Å². The zero-order valence-corrected chi connectivity index (χ0v) is 21.1. The molecule has 182 valence electrons. The van der Waals surface area contributed by atoms with Crippen LogP contribution in [0.25, 0.3) is 17.2 Å². The third-order valence-electron chi connectivity index (χ3n) is 5.89. The number of amides is 1. The number of halogens is 1. The minimum Gasteiger partial charge on any atom is -0.465 e. The van der Waals surface area contributed by atoms with Crippen LogP contribution in [0, 0.1) is 0 Å².